The van der Waals surface area contributed by atoms with Crippen molar-refractivity contribution in [1.29, 1.82) is 0 Å². The van der Waals surface area contributed by atoms with Crippen LogP contribution >= 0.6 is 15.9 Å². The summed E-state index contributed by atoms with van der Waals surface area (Å²) in [7, 11) is 1.43. The molecule has 0 aromatic heterocycles. The van der Waals surface area contributed by atoms with E-state index in [1.54, 1.807) is 6.07 Å². The lowest BCUT2D eigenvalue weighted by atomic mass is 10.1. The van der Waals surface area contributed by atoms with Gasteiger partial charge in [0.05, 0.1) is 17.7 Å². The van der Waals surface area contributed by atoms with Crippen LogP contribution in [-0.4, -0.2) is 78.8 Å². The van der Waals surface area contributed by atoms with Gasteiger partial charge in [-0.05, 0) is 28.3 Å². The van der Waals surface area contributed by atoms with Crippen LogP contribution in [0.5, 0.6) is 5.75 Å². The predicted molar refractivity (Wildman–Crippen MR) is 104 cm³/mol. The molecule has 27 heavy (non-hydrogen) atoms. The van der Waals surface area contributed by atoms with Crippen LogP contribution in [-0.2, 0) is 0 Å². The Labute approximate surface area is 165 Å². The Morgan fingerprint density at radius 1 is 1.33 bits per heavy atom. The van der Waals surface area contributed by atoms with E-state index in [1.165, 1.54) is 18.1 Å². The van der Waals surface area contributed by atoms with Crippen molar-refractivity contribution < 1.29 is 19.6 Å². The first-order valence-corrected chi connectivity index (χ1v) is 9.65. The maximum absolute atomic E-state index is 11.1. The van der Waals surface area contributed by atoms with Crippen LogP contribution in [0.25, 0.3) is 0 Å². The number of anilines is 1. The van der Waals surface area contributed by atoms with Crippen LogP contribution < -0.4 is 9.64 Å². The lowest BCUT2D eigenvalue weighted by molar-refractivity contribution is -0.385. The lowest BCUT2D eigenvalue weighted by Gasteiger charge is -2.37. The van der Waals surface area contributed by atoms with Crippen molar-refractivity contribution in [2.75, 3.05) is 57.8 Å². The number of benzene rings is 1. The van der Waals surface area contributed by atoms with E-state index in [-0.39, 0.29) is 11.4 Å². The number of nitrogens with zero attached hydrogens (tertiary/aromatic N) is 4. The third-order valence-corrected chi connectivity index (χ3v) is 5.87. The first-order valence-electron chi connectivity index (χ1n) is 8.86. The number of hydrogen-bond acceptors (Lipinski definition) is 6. The Hall–Kier alpha value is -2.07. The van der Waals surface area contributed by atoms with Crippen LogP contribution in [0.2, 0.25) is 0 Å². The smallest absolute Gasteiger partial charge is 0.407 e. The average Bonchev–Trinajstić information content (AvgIpc) is 3.11. The minimum atomic E-state index is -0.834. The molecule has 0 spiro atoms. The third kappa shape index (κ3) is 4.44. The predicted octanol–water partition coefficient (Wildman–Crippen LogP) is 2.49. The second-order valence-electron chi connectivity index (χ2n) is 6.90. The van der Waals surface area contributed by atoms with E-state index in [9.17, 15) is 14.9 Å². The Kier molecular flexibility index (Phi) is 6.05. The molecule has 2 aliphatic heterocycles. The minimum Gasteiger partial charge on any atom is -0.490 e. The zero-order valence-electron chi connectivity index (χ0n) is 15.1. The van der Waals surface area contributed by atoms with Crippen LogP contribution in [0.15, 0.2) is 16.6 Å². The summed E-state index contributed by atoms with van der Waals surface area (Å²) in [6.45, 7) is 5.48. The minimum absolute atomic E-state index is 0.0593. The average molecular weight is 443 g/mol. The van der Waals surface area contributed by atoms with Gasteiger partial charge in [0.1, 0.15) is 0 Å². The van der Waals surface area contributed by atoms with E-state index in [1.807, 2.05) is 0 Å². The van der Waals surface area contributed by atoms with E-state index < -0.39 is 11.0 Å². The molecule has 3 rings (SSSR count). The van der Waals surface area contributed by atoms with Gasteiger partial charge in [0.15, 0.2) is 5.75 Å². The first-order chi connectivity index (χ1) is 12.9. The third-order valence-electron chi connectivity index (χ3n) is 5.23. The van der Waals surface area contributed by atoms with Crippen molar-refractivity contribution in [1.82, 2.24) is 9.80 Å². The van der Waals surface area contributed by atoms with Gasteiger partial charge in [-0.15, -0.1) is 0 Å². The highest BCUT2D eigenvalue weighted by Crippen LogP contribution is 2.38. The largest absolute Gasteiger partial charge is 0.490 e. The fourth-order valence-corrected chi connectivity index (χ4v) is 4.35. The molecule has 1 aromatic carbocycles. The molecule has 0 unspecified atom stereocenters. The number of rotatable bonds is 5. The molecule has 1 aromatic rings. The molecule has 2 heterocycles. The maximum atomic E-state index is 11.1. The molecule has 1 amide bonds. The fourth-order valence-electron chi connectivity index (χ4n) is 3.77. The van der Waals surface area contributed by atoms with Gasteiger partial charge in [-0.2, -0.15) is 0 Å². The SMILES string of the molecule is COc1cc(N2CCN(C[C@@H]3CCN(C(=O)O)C3)CC2)c(Br)cc1[N+](=O)[O-]. The van der Waals surface area contributed by atoms with Gasteiger partial charge in [0.2, 0.25) is 0 Å². The zero-order valence-corrected chi connectivity index (χ0v) is 16.7. The summed E-state index contributed by atoms with van der Waals surface area (Å²) in [6, 6.07) is 3.19. The molecule has 1 atom stereocenters. The van der Waals surface area contributed by atoms with E-state index in [0.29, 0.717) is 23.5 Å². The Bertz CT molecular complexity index is 724. The molecule has 2 fully saturated rings. The number of likely N-dealkylation sites (tertiary alicyclic amines) is 1. The van der Waals surface area contributed by atoms with Crippen molar-refractivity contribution in [2.45, 2.75) is 6.42 Å². The molecule has 1 N–H and O–H groups in total. The summed E-state index contributed by atoms with van der Waals surface area (Å²) in [5.74, 6) is 0.638. The number of ether oxygens (including phenoxy) is 1. The summed E-state index contributed by atoms with van der Waals surface area (Å²) in [5, 5.41) is 20.2. The number of amides is 1. The number of carbonyl (C=O) groups is 1. The Balaban J connectivity index is 1.59. The van der Waals surface area contributed by atoms with Gasteiger partial charge in [-0.1, -0.05) is 0 Å². The zero-order chi connectivity index (χ0) is 19.6. The number of hydrogen-bond donors (Lipinski definition) is 1. The molecule has 0 bridgehead atoms. The van der Waals surface area contributed by atoms with Gasteiger partial charge in [0.25, 0.3) is 0 Å². The standard InChI is InChI=1S/C17H23BrN4O5/c1-27-16-9-14(13(18)8-15(16)22(25)26)20-6-4-19(5-7-20)10-12-2-3-21(11-12)17(23)24/h8-9,12H,2-7,10-11H2,1H3,(H,23,24)/t12-/m0/s1. The van der Waals surface area contributed by atoms with Gasteiger partial charge in [-0.3, -0.25) is 15.0 Å². The summed E-state index contributed by atoms with van der Waals surface area (Å²) in [5.41, 5.74) is 0.825. The summed E-state index contributed by atoms with van der Waals surface area (Å²) in [6.07, 6.45) is 0.0803. The van der Waals surface area contributed by atoms with Crippen molar-refractivity contribution in [3.63, 3.8) is 0 Å². The molecule has 0 aliphatic carbocycles. The molecule has 0 radical (unpaired) electrons. The van der Waals surface area contributed by atoms with Gasteiger partial charge in [0, 0.05) is 62.4 Å². The fraction of sp³-hybridized carbons (Fsp3) is 0.588. The molecular formula is C17H23BrN4O5. The summed E-state index contributed by atoms with van der Waals surface area (Å²) >= 11 is 3.44. The lowest BCUT2D eigenvalue weighted by Crippen LogP contribution is -2.48. The summed E-state index contributed by atoms with van der Waals surface area (Å²) < 4.78 is 5.86. The molecule has 10 heteroatoms. The first kappa shape index (κ1) is 19.7. The van der Waals surface area contributed by atoms with E-state index >= 15 is 0 Å². The molecular weight excluding hydrogens is 420 g/mol. The van der Waals surface area contributed by atoms with E-state index in [2.05, 4.69) is 25.7 Å². The Morgan fingerprint density at radius 3 is 2.59 bits per heavy atom. The molecule has 148 valence electrons. The van der Waals surface area contributed by atoms with Gasteiger partial charge in [-0.25, -0.2) is 4.79 Å². The molecule has 2 aliphatic rings. The molecule has 2 saturated heterocycles. The number of nitro groups is 1. The van der Waals surface area contributed by atoms with Crippen molar-refractivity contribution in [3.8, 4) is 5.75 Å². The normalized spacial score (nSPS) is 20.7. The second kappa shape index (κ2) is 8.30. The van der Waals surface area contributed by atoms with Crippen molar-refractivity contribution >= 4 is 33.4 Å². The quantitative estimate of drug-likeness (QED) is 0.552. The Morgan fingerprint density at radius 2 is 2.04 bits per heavy atom. The topological polar surface area (TPSA) is 99.4 Å². The monoisotopic (exact) mass is 442 g/mol. The van der Waals surface area contributed by atoms with Crippen LogP contribution in [0.3, 0.4) is 0 Å². The number of methoxy groups -OCH3 is 1. The van der Waals surface area contributed by atoms with Crippen molar-refractivity contribution in [2.24, 2.45) is 5.92 Å². The number of halogens is 1. The highest BCUT2D eigenvalue weighted by atomic mass is 79.9. The van der Waals surface area contributed by atoms with Gasteiger partial charge < -0.3 is 19.6 Å². The van der Waals surface area contributed by atoms with Crippen molar-refractivity contribution in [3.05, 3.63) is 26.7 Å². The van der Waals surface area contributed by atoms with E-state index in [0.717, 1.165) is 44.8 Å². The second-order valence-corrected chi connectivity index (χ2v) is 7.76. The van der Waals surface area contributed by atoms with E-state index in [4.69, 9.17) is 9.84 Å². The number of carboxylic acid groups (broad SMARTS) is 1. The van der Waals surface area contributed by atoms with Crippen LogP contribution in [0.1, 0.15) is 6.42 Å². The highest BCUT2D eigenvalue weighted by Gasteiger charge is 2.29. The molecule has 9 nitrogen and oxygen atoms in total. The van der Waals surface area contributed by atoms with Gasteiger partial charge >= 0.3 is 11.8 Å². The maximum Gasteiger partial charge on any atom is 0.407 e. The molecule has 0 saturated carbocycles. The van der Waals surface area contributed by atoms with Crippen LogP contribution in [0.4, 0.5) is 16.2 Å². The highest BCUT2D eigenvalue weighted by molar-refractivity contribution is 9.10. The number of piperazine rings is 1. The summed E-state index contributed by atoms with van der Waals surface area (Å²) in [4.78, 5) is 27.8. The number of nitro benzene ring substituents is 1. The van der Waals surface area contributed by atoms with Crippen LogP contribution in [0, 0.1) is 16.0 Å².